The van der Waals surface area contributed by atoms with E-state index in [2.05, 4.69) is 15.1 Å². The number of rotatable bonds is 5. The minimum absolute atomic E-state index is 0.0442. The van der Waals surface area contributed by atoms with Crippen LogP contribution in [0.15, 0.2) is 53.3 Å². The third-order valence-corrected chi connectivity index (χ3v) is 4.30. The fourth-order valence-electron chi connectivity index (χ4n) is 2.91. The highest BCUT2D eigenvalue weighted by Crippen LogP contribution is 2.30. The zero-order chi connectivity index (χ0) is 17.9. The number of hydrogen-bond donors (Lipinski definition) is 0. The number of carbonyl (C=O) groups excluding carboxylic acids is 1. The fraction of sp³-hybridized carbons (Fsp3) is 0.263. The second kappa shape index (κ2) is 6.95. The van der Waals surface area contributed by atoms with E-state index >= 15 is 0 Å². The predicted octanol–water partition coefficient (Wildman–Crippen LogP) is 2.77. The quantitative estimate of drug-likeness (QED) is 0.704. The molecule has 4 rings (SSSR count). The Morgan fingerprint density at radius 3 is 2.88 bits per heavy atom. The third-order valence-electron chi connectivity index (χ3n) is 4.30. The van der Waals surface area contributed by atoms with Crippen LogP contribution in [-0.4, -0.2) is 45.6 Å². The molecule has 1 amide bonds. The molecular weight excluding hydrogens is 332 g/mol. The average Bonchev–Trinajstić information content (AvgIpc) is 3.11. The van der Waals surface area contributed by atoms with Gasteiger partial charge in [-0.1, -0.05) is 17.3 Å². The Kier molecular flexibility index (Phi) is 4.35. The molecule has 1 aromatic carbocycles. The number of para-hydroxylation sites is 1. The highest BCUT2D eigenvalue weighted by molar-refractivity contribution is 5.97. The van der Waals surface area contributed by atoms with Crippen molar-refractivity contribution in [1.82, 2.24) is 20.0 Å². The number of benzene rings is 1. The standard InChI is InChI=1S/C19H18N4O3/c1-2-25-16-8-4-3-7-15(16)19(24)23-11-14(12-23)18-21-17(22-26-18)13-6-5-9-20-10-13/h3-10,14H,2,11-12H2,1H3. The first-order chi connectivity index (χ1) is 12.8. The van der Waals surface area contributed by atoms with Crippen molar-refractivity contribution in [3.8, 4) is 17.1 Å². The zero-order valence-electron chi connectivity index (χ0n) is 14.3. The van der Waals surface area contributed by atoms with Crippen LogP contribution in [0.1, 0.15) is 29.1 Å². The summed E-state index contributed by atoms with van der Waals surface area (Å²) in [5.74, 6) is 1.68. The van der Waals surface area contributed by atoms with Crippen molar-refractivity contribution >= 4 is 5.91 Å². The van der Waals surface area contributed by atoms with Gasteiger partial charge in [0.1, 0.15) is 5.75 Å². The highest BCUT2D eigenvalue weighted by atomic mass is 16.5. The van der Waals surface area contributed by atoms with E-state index in [-0.39, 0.29) is 11.8 Å². The lowest BCUT2D eigenvalue weighted by molar-refractivity contribution is 0.0565. The van der Waals surface area contributed by atoms with Crippen LogP contribution in [0, 0.1) is 0 Å². The van der Waals surface area contributed by atoms with E-state index in [0.29, 0.717) is 42.7 Å². The van der Waals surface area contributed by atoms with E-state index in [9.17, 15) is 4.79 Å². The van der Waals surface area contributed by atoms with Crippen LogP contribution < -0.4 is 4.74 Å². The molecule has 0 radical (unpaired) electrons. The molecule has 1 saturated heterocycles. The lowest BCUT2D eigenvalue weighted by Crippen LogP contribution is -2.48. The predicted molar refractivity (Wildman–Crippen MR) is 93.8 cm³/mol. The number of nitrogens with zero attached hydrogens (tertiary/aromatic N) is 4. The smallest absolute Gasteiger partial charge is 0.257 e. The van der Waals surface area contributed by atoms with E-state index in [0.717, 1.165) is 5.56 Å². The summed E-state index contributed by atoms with van der Waals surface area (Å²) >= 11 is 0. The number of amides is 1. The summed E-state index contributed by atoms with van der Waals surface area (Å²) in [5.41, 5.74) is 1.38. The number of aromatic nitrogens is 3. The highest BCUT2D eigenvalue weighted by Gasteiger charge is 2.36. The van der Waals surface area contributed by atoms with Gasteiger partial charge < -0.3 is 14.2 Å². The van der Waals surface area contributed by atoms with Gasteiger partial charge in [-0.3, -0.25) is 9.78 Å². The maximum absolute atomic E-state index is 12.7. The molecule has 26 heavy (non-hydrogen) atoms. The normalized spacial score (nSPS) is 14.1. The molecule has 1 aliphatic rings. The third kappa shape index (κ3) is 3.03. The Morgan fingerprint density at radius 1 is 1.27 bits per heavy atom. The van der Waals surface area contributed by atoms with Gasteiger partial charge in [0.05, 0.1) is 18.1 Å². The van der Waals surface area contributed by atoms with Gasteiger partial charge in [-0.2, -0.15) is 4.98 Å². The van der Waals surface area contributed by atoms with Crippen molar-refractivity contribution in [1.29, 1.82) is 0 Å². The van der Waals surface area contributed by atoms with Crippen LogP contribution in [0.25, 0.3) is 11.4 Å². The lowest BCUT2D eigenvalue weighted by atomic mass is 9.98. The molecule has 0 aliphatic carbocycles. The van der Waals surface area contributed by atoms with Crippen LogP contribution in [0.3, 0.4) is 0 Å². The molecular formula is C19H18N4O3. The minimum Gasteiger partial charge on any atom is -0.493 e. The molecule has 2 aromatic heterocycles. The van der Waals surface area contributed by atoms with Crippen LogP contribution in [0.5, 0.6) is 5.75 Å². The van der Waals surface area contributed by atoms with E-state index in [1.807, 2.05) is 37.3 Å². The summed E-state index contributed by atoms with van der Waals surface area (Å²) in [4.78, 5) is 22.9. The topological polar surface area (TPSA) is 81.4 Å². The van der Waals surface area contributed by atoms with Crippen LogP contribution in [0.4, 0.5) is 0 Å². The Balaban J connectivity index is 1.43. The van der Waals surface area contributed by atoms with Gasteiger partial charge >= 0.3 is 0 Å². The minimum atomic E-state index is -0.0442. The molecule has 7 nitrogen and oxygen atoms in total. The monoisotopic (exact) mass is 350 g/mol. The van der Waals surface area contributed by atoms with Gasteiger partial charge in [-0.15, -0.1) is 0 Å². The van der Waals surface area contributed by atoms with Crippen LogP contribution >= 0.6 is 0 Å². The number of likely N-dealkylation sites (tertiary alicyclic amines) is 1. The lowest BCUT2D eigenvalue weighted by Gasteiger charge is -2.37. The molecule has 3 heterocycles. The average molecular weight is 350 g/mol. The SMILES string of the molecule is CCOc1ccccc1C(=O)N1CC(c2nc(-c3cccnc3)no2)C1. The molecule has 1 fully saturated rings. The molecule has 0 atom stereocenters. The fourth-order valence-corrected chi connectivity index (χ4v) is 2.91. The Bertz CT molecular complexity index is 904. The molecule has 1 aliphatic heterocycles. The van der Waals surface area contributed by atoms with Gasteiger partial charge in [0, 0.05) is 31.0 Å². The first-order valence-corrected chi connectivity index (χ1v) is 8.51. The Labute approximate surface area is 150 Å². The summed E-state index contributed by atoms with van der Waals surface area (Å²) in [7, 11) is 0. The van der Waals surface area contributed by atoms with E-state index in [1.165, 1.54) is 0 Å². The second-order valence-corrected chi connectivity index (χ2v) is 6.03. The number of hydrogen-bond acceptors (Lipinski definition) is 6. The first-order valence-electron chi connectivity index (χ1n) is 8.51. The van der Waals surface area contributed by atoms with Crippen molar-refractivity contribution in [3.05, 3.63) is 60.2 Å². The number of ether oxygens (including phenoxy) is 1. The largest absolute Gasteiger partial charge is 0.493 e. The summed E-state index contributed by atoms with van der Waals surface area (Å²) < 4.78 is 10.9. The molecule has 7 heteroatoms. The van der Waals surface area contributed by atoms with Gasteiger partial charge in [0.2, 0.25) is 11.7 Å². The van der Waals surface area contributed by atoms with Crippen molar-refractivity contribution in [2.75, 3.05) is 19.7 Å². The van der Waals surface area contributed by atoms with Crippen LogP contribution in [0.2, 0.25) is 0 Å². The molecule has 0 unspecified atom stereocenters. The van der Waals surface area contributed by atoms with E-state index in [1.54, 1.807) is 23.4 Å². The van der Waals surface area contributed by atoms with Gasteiger partial charge in [0.25, 0.3) is 5.91 Å². The summed E-state index contributed by atoms with van der Waals surface area (Å²) in [6, 6.07) is 11.0. The molecule has 0 saturated carbocycles. The maximum atomic E-state index is 12.7. The van der Waals surface area contributed by atoms with Gasteiger partial charge in [-0.05, 0) is 31.2 Å². The number of carbonyl (C=O) groups is 1. The van der Waals surface area contributed by atoms with E-state index in [4.69, 9.17) is 9.26 Å². The number of pyridine rings is 1. The molecule has 132 valence electrons. The molecule has 3 aromatic rings. The second-order valence-electron chi connectivity index (χ2n) is 6.03. The Morgan fingerprint density at radius 2 is 2.12 bits per heavy atom. The zero-order valence-corrected chi connectivity index (χ0v) is 14.3. The van der Waals surface area contributed by atoms with Crippen molar-refractivity contribution in [2.45, 2.75) is 12.8 Å². The molecule has 0 bridgehead atoms. The molecule has 0 spiro atoms. The summed E-state index contributed by atoms with van der Waals surface area (Å²) in [6.07, 6.45) is 3.38. The van der Waals surface area contributed by atoms with Gasteiger partial charge in [-0.25, -0.2) is 0 Å². The van der Waals surface area contributed by atoms with Crippen molar-refractivity contribution in [3.63, 3.8) is 0 Å². The summed E-state index contributed by atoms with van der Waals surface area (Å²) in [6.45, 7) is 3.52. The van der Waals surface area contributed by atoms with E-state index < -0.39 is 0 Å². The first kappa shape index (κ1) is 16.3. The van der Waals surface area contributed by atoms with Crippen molar-refractivity contribution in [2.24, 2.45) is 0 Å². The Hall–Kier alpha value is -3.22. The maximum Gasteiger partial charge on any atom is 0.257 e. The van der Waals surface area contributed by atoms with Crippen LogP contribution in [-0.2, 0) is 0 Å². The van der Waals surface area contributed by atoms with Gasteiger partial charge in [0.15, 0.2) is 0 Å². The summed E-state index contributed by atoms with van der Waals surface area (Å²) in [5, 5.41) is 4.01. The molecule has 0 N–H and O–H groups in total. The van der Waals surface area contributed by atoms with Crippen molar-refractivity contribution < 1.29 is 14.1 Å².